The van der Waals surface area contributed by atoms with Crippen molar-refractivity contribution in [2.45, 2.75) is 120 Å². The van der Waals surface area contributed by atoms with Crippen molar-refractivity contribution >= 4 is 44.6 Å². The minimum atomic E-state index is -3.92. The highest BCUT2D eigenvalue weighted by Crippen LogP contribution is 2.46. The molecule has 3 fully saturated rings. The highest BCUT2D eigenvalue weighted by Gasteiger charge is 2.62. The summed E-state index contributed by atoms with van der Waals surface area (Å²) in [6, 6.07) is 4.73. The predicted molar refractivity (Wildman–Crippen MR) is 220 cm³/mol. The number of nitrogens with zero attached hydrogens (tertiary/aromatic N) is 4. The molecule has 1 aromatic carbocycles. The van der Waals surface area contributed by atoms with Gasteiger partial charge in [-0.1, -0.05) is 25.0 Å². The van der Waals surface area contributed by atoms with Gasteiger partial charge in [-0.2, -0.15) is 5.10 Å². The molecule has 2 aliphatic heterocycles. The molecule has 3 aromatic rings. The van der Waals surface area contributed by atoms with E-state index in [1.54, 1.807) is 37.2 Å². The van der Waals surface area contributed by atoms with Crippen LogP contribution in [-0.4, -0.2) is 114 Å². The van der Waals surface area contributed by atoms with Gasteiger partial charge in [0.15, 0.2) is 0 Å². The van der Waals surface area contributed by atoms with Crippen LogP contribution in [0, 0.1) is 12.8 Å². The molecule has 0 unspecified atom stereocenters. The van der Waals surface area contributed by atoms with Crippen LogP contribution in [0.1, 0.15) is 87.7 Å². The topological polar surface area (TPSA) is 209 Å². The molecule has 7 rings (SSSR count). The minimum absolute atomic E-state index is 0.0278. The first kappa shape index (κ1) is 42.9. The number of nitrogens with one attached hydrogen (secondary N) is 3. The molecule has 5 atom stereocenters. The fourth-order valence-electron chi connectivity index (χ4n) is 8.03. The van der Waals surface area contributed by atoms with Crippen molar-refractivity contribution in [3.63, 3.8) is 0 Å². The van der Waals surface area contributed by atoms with Crippen LogP contribution in [-0.2, 0) is 35.7 Å². The first-order valence-electron chi connectivity index (χ1n) is 20.7. The number of ether oxygens (including phenoxy) is 4. The number of pyridine rings is 1. The molecule has 3 N–H and O–H groups in total. The van der Waals surface area contributed by atoms with E-state index in [-0.39, 0.29) is 31.2 Å². The van der Waals surface area contributed by atoms with E-state index in [2.05, 4.69) is 20.5 Å². The Morgan fingerprint density at radius 1 is 1.07 bits per heavy atom. The number of benzene rings is 1. The molecule has 18 heteroatoms. The maximum Gasteiger partial charge on any atom is 0.272 e. The molecule has 1 saturated heterocycles. The monoisotopic (exact) mass is 849 g/mol. The van der Waals surface area contributed by atoms with E-state index < -0.39 is 68.5 Å². The molecule has 0 radical (unpaired) electrons. The maximum atomic E-state index is 14.8. The quantitative estimate of drug-likeness (QED) is 0.212. The van der Waals surface area contributed by atoms with E-state index >= 15 is 0 Å². The van der Waals surface area contributed by atoms with Crippen molar-refractivity contribution in [3.05, 3.63) is 53.9 Å². The van der Waals surface area contributed by atoms with Crippen LogP contribution < -0.4 is 29.6 Å². The zero-order chi connectivity index (χ0) is 42.8. The Labute approximate surface area is 350 Å². The van der Waals surface area contributed by atoms with E-state index in [1.807, 2.05) is 45.1 Å². The van der Waals surface area contributed by atoms with Crippen molar-refractivity contribution in [1.29, 1.82) is 0 Å². The van der Waals surface area contributed by atoms with Gasteiger partial charge in [0.25, 0.3) is 11.8 Å². The lowest BCUT2D eigenvalue weighted by Crippen LogP contribution is -2.58. The fraction of sp³-hybridized carbons (Fsp3) is 0.571. The van der Waals surface area contributed by atoms with Crippen molar-refractivity contribution in [1.82, 2.24) is 35.0 Å². The molecule has 4 aliphatic rings. The van der Waals surface area contributed by atoms with E-state index in [0.29, 0.717) is 73.5 Å². The summed E-state index contributed by atoms with van der Waals surface area (Å²) in [6.45, 7) is 6.45. The summed E-state index contributed by atoms with van der Waals surface area (Å²) in [6.07, 6.45) is 8.81. The molecule has 0 spiro atoms. The zero-order valence-electron chi connectivity index (χ0n) is 34.8. The third-order valence-corrected chi connectivity index (χ3v) is 13.4. The normalized spacial score (nSPS) is 24.8. The average Bonchev–Trinajstić information content (AvgIpc) is 4.09. The lowest BCUT2D eigenvalue weighted by molar-refractivity contribution is -0.141. The summed E-state index contributed by atoms with van der Waals surface area (Å²) in [5.74, 6) is -1.55. The standard InChI is InChI=1S/C42H55N7O10S/c1-25(2)58-36-22-35(30-15-16-34(57-5)26(3)37(30)44-36)59-28-21-33-39(51)45-42(41(53)47-60(54,55)29-13-14-29)23-27(42)11-9-7-6-8-10-12-32(40(52)49(33)24-28)43-38(50)31-17-18-48(46-31)19-20-56-4/h9,11,15-18,22,25,27-29,32-33H,6-8,10,12-14,19-21,23-24H2,1-5H3,(H,43,50)(H,45,51)(H,47,53)/t27-,28-,32+,33+,42-/m1/s1. The summed E-state index contributed by atoms with van der Waals surface area (Å²) in [5, 5.41) is 10.2. The molecular weight excluding hydrogens is 795 g/mol. The van der Waals surface area contributed by atoms with Gasteiger partial charge >= 0.3 is 0 Å². The number of aromatic nitrogens is 3. The molecule has 2 aromatic heterocycles. The Balaban J connectivity index is 1.22. The molecule has 2 saturated carbocycles. The molecule has 2 aliphatic carbocycles. The summed E-state index contributed by atoms with van der Waals surface area (Å²) in [7, 11) is -0.769. The number of fused-ring (bicyclic) bond motifs is 3. The van der Waals surface area contributed by atoms with E-state index in [1.165, 1.54) is 4.90 Å². The van der Waals surface area contributed by atoms with E-state index in [4.69, 9.17) is 23.9 Å². The number of aryl methyl sites for hydroxylation is 1. The highest BCUT2D eigenvalue weighted by molar-refractivity contribution is 7.91. The smallest absolute Gasteiger partial charge is 0.272 e. The number of sulfonamides is 1. The molecule has 17 nitrogen and oxygen atoms in total. The Bertz CT molecular complexity index is 2260. The van der Waals surface area contributed by atoms with Gasteiger partial charge in [0.1, 0.15) is 40.9 Å². The van der Waals surface area contributed by atoms with Crippen LogP contribution >= 0.6 is 0 Å². The van der Waals surface area contributed by atoms with Crippen LogP contribution in [0.3, 0.4) is 0 Å². The lowest BCUT2D eigenvalue weighted by Gasteiger charge is -2.29. The molecule has 60 heavy (non-hydrogen) atoms. The third-order valence-electron chi connectivity index (χ3n) is 11.5. The number of methoxy groups -OCH3 is 2. The van der Waals surface area contributed by atoms with Gasteiger partial charge in [0.2, 0.25) is 27.7 Å². The van der Waals surface area contributed by atoms with Crippen LogP contribution in [0.15, 0.2) is 42.6 Å². The lowest BCUT2D eigenvalue weighted by atomic mass is 10.0. The van der Waals surface area contributed by atoms with Gasteiger partial charge in [-0.25, -0.2) is 13.4 Å². The van der Waals surface area contributed by atoms with Crippen LogP contribution in [0.5, 0.6) is 17.4 Å². The summed E-state index contributed by atoms with van der Waals surface area (Å²) in [5.41, 5.74) is -0.0371. The SMILES string of the molecule is COCCn1ccc(C(=O)N[C@H]2CCCCCC=C[C@@H]3C[C@@]3(C(=O)NS(=O)(=O)C3CC3)NC(=O)[C@@H]3C[C@@H](Oc4cc(OC(C)C)nc5c(C)c(OC)ccc45)CN3C2=O)n1. The van der Waals surface area contributed by atoms with Crippen molar-refractivity contribution in [3.8, 4) is 17.4 Å². The summed E-state index contributed by atoms with van der Waals surface area (Å²) >= 11 is 0. The molecular formula is C42H55N7O10S. The van der Waals surface area contributed by atoms with Gasteiger partial charge in [-0.05, 0) is 77.5 Å². The van der Waals surface area contributed by atoms with Gasteiger partial charge in [0, 0.05) is 42.7 Å². The Hall–Kier alpha value is -5.23. The number of allylic oxidation sites excluding steroid dienone is 1. The number of amides is 4. The van der Waals surface area contributed by atoms with Gasteiger partial charge < -0.3 is 34.5 Å². The number of hydrogen-bond donors (Lipinski definition) is 3. The van der Waals surface area contributed by atoms with Crippen molar-refractivity contribution in [2.75, 3.05) is 27.4 Å². The molecule has 4 amide bonds. The predicted octanol–water partition coefficient (Wildman–Crippen LogP) is 3.33. The molecule has 4 heterocycles. The molecule has 0 bridgehead atoms. The number of carbonyl (C=O) groups excluding carboxylic acids is 4. The zero-order valence-corrected chi connectivity index (χ0v) is 35.6. The van der Waals surface area contributed by atoms with Gasteiger partial charge in [-0.15, -0.1) is 0 Å². The van der Waals surface area contributed by atoms with Crippen LogP contribution in [0.4, 0.5) is 0 Å². The Kier molecular flexibility index (Phi) is 12.7. The average molecular weight is 850 g/mol. The number of rotatable bonds is 13. The highest BCUT2D eigenvalue weighted by atomic mass is 32.2. The summed E-state index contributed by atoms with van der Waals surface area (Å²) < 4.78 is 53.1. The third kappa shape index (κ3) is 9.38. The maximum absolute atomic E-state index is 14.8. The number of hydrogen-bond acceptors (Lipinski definition) is 12. The first-order chi connectivity index (χ1) is 28.7. The summed E-state index contributed by atoms with van der Waals surface area (Å²) in [4.78, 5) is 63.1. The second-order valence-corrected chi connectivity index (χ2v) is 18.4. The minimum Gasteiger partial charge on any atom is -0.496 e. The first-order valence-corrected chi connectivity index (χ1v) is 22.3. The van der Waals surface area contributed by atoms with Crippen molar-refractivity contribution in [2.24, 2.45) is 5.92 Å². The van der Waals surface area contributed by atoms with Crippen LogP contribution in [0.25, 0.3) is 10.9 Å². The Morgan fingerprint density at radius 2 is 1.87 bits per heavy atom. The second-order valence-electron chi connectivity index (χ2n) is 16.4. The van der Waals surface area contributed by atoms with Crippen LogP contribution in [0.2, 0.25) is 0 Å². The number of carbonyl (C=O) groups is 4. The van der Waals surface area contributed by atoms with E-state index in [0.717, 1.165) is 18.4 Å². The Morgan fingerprint density at radius 3 is 2.60 bits per heavy atom. The molecule has 324 valence electrons. The second kappa shape index (κ2) is 17.8. The van der Waals surface area contributed by atoms with Gasteiger partial charge in [-0.3, -0.25) is 28.6 Å². The van der Waals surface area contributed by atoms with Crippen molar-refractivity contribution < 1.29 is 46.5 Å². The fourth-order valence-corrected chi connectivity index (χ4v) is 9.39. The van der Waals surface area contributed by atoms with Gasteiger partial charge in [0.05, 0.1) is 43.7 Å². The van der Waals surface area contributed by atoms with E-state index in [9.17, 15) is 27.6 Å². The largest absolute Gasteiger partial charge is 0.496 e.